The Kier molecular flexibility index (Phi) is 4.37. The Morgan fingerprint density at radius 2 is 1.54 bits per heavy atom. The molecular weight excluding hydrogens is 326 g/mol. The van der Waals surface area contributed by atoms with E-state index in [1.807, 2.05) is 36.4 Å². The standard InChI is InChI=1S/C22H21NO3/c24-16-10-11-17-19(12-16)21(26)14-23(13-15-6-2-1-3-7-15)22(17)18-8-4-5-9-20(18)25/h1-12,21-22,24-26H,13-14H2. The summed E-state index contributed by atoms with van der Waals surface area (Å²) < 4.78 is 0. The van der Waals surface area contributed by atoms with Crippen LogP contribution in [0, 0.1) is 0 Å². The van der Waals surface area contributed by atoms with E-state index >= 15 is 0 Å². The first-order valence-corrected chi connectivity index (χ1v) is 8.70. The number of aliphatic hydroxyl groups excluding tert-OH is 1. The molecule has 2 unspecified atom stereocenters. The van der Waals surface area contributed by atoms with Gasteiger partial charge in [0.05, 0.1) is 12.1 Å². The van der Waals surface area contributed by atoms with Crippen LogP contribution < -0.4 is 0 Å². The van der Waals surface area contributed by atoms with Crippen molar-refractivity contribution < 1.29 is 15.3 Å². The van der Waals surface area contributed by atoms with E-state index in [1.54, 1.807) is 24.3 Å². The highest BCUT2D eigenvalue weighted by atomic mass is 16.3. The maximum atomic E-state index is 10.7. The summed E-state index contributed by atoms with van der Waals surface area (Å²) in [5.74, 6) is 0.362. The quantitative estimate of drug-likeness (QED) is 0.675. The van der Waals surface area contributed by atoms with Crippen LogP contribution in [-0.2, 0) is 6.54 Å². The third-order valence-electron chi connectivity index (χ3n) is 4.96. The van der Waals surface area contributed by atoms with Gasteiger partial charge in [0.15, 0.2) is 0 Å². The summed E-state index contributed by atoms with van der Waals surface area (Å²) in [7, 11) is 0. The molecule has 3 aromatic carbocycles. The summed E-state index contributed by atoms with van der Waals surface area (Å²) in [5.41, 5.74) is 3.55. The van der Waals surface area contributed by atoms with Gasteiger partial charge in [-0.25, -0.2) is 0 Å². The molecule has 0 amide bonds. The fourth-order valence-electron chi connectivity index (χ4n) is 3.78. The molecule has 0 fully saturated rings. The van der Waals surface area contributed by atoms with Gasteiger partial charge in [-0.15, -0.1) is 0 Å². The zero-order chi connectivity index (χ0) is 18.1. The Balaban J connectivity index is 1.82. The highest BCUT2D eigenvalue weighted by molar-refractivity contribution is 5.48. The van der Waals surface area contributed by atoms with Crippen molar-refractivity contribution >= 4 is 0 Å². The number of para-hydroxylation sites is 1. The SMILES string of the molecule is Oc1ccc2c(c1)C(O)CN(Cc1ccccc1)C2c1ccccc1O. The van der Waals surface area contributed by atoms with E-state index in [4.69, 9.17) is 0 Å². The van der Waals surface area contributed by atoms with Crippen molar-refractivity contribution in [3.05, 3.63) is 95.1 Å². The molecule has 1 aliphatic heterocycles. The molecule has 0 bridgehead atoms. The number of fused-ring (bicyclic) bond motifs is 1. The molecule has 4 heteroatoms. The van der Waals surface area contributed by atoms with Gasteiger partial charge in [-0.05, 0) is 34.9 Å². The van der Waals surface area contributed by atoms with Gasteiger partial charge < -0.3 is 15.3 Å². The van der Waals surface area contributed by atoms with Crippen molar-refractivity contribution in [1.82, 2.24) is 4.90 Å². The molecule has 1 aliphatic rings. The average Bonchev–Trinajstić information content (AvgIpc) is 2.64. The van der Waals surface area contributed by atoms with Crippen LogP contribution in [0.4, 0.5) is 0 Å². The molecule has 2 atom stereocenters. The molecular formula is C22H21NO3. The van der Waals surface area contributed by atoms with Gasteiger partial charge in [0.1, 0.15) is 11.5 Å². The van der Waals surface area contributed by atoms with Gasteiger partial charge in [0.25, 0.3) is 0 Å². The summed E-state index contributed by atoms with van der Waals surface area (Å²) in [6, 6.07) is 22.3. The van der Waals surface area contributed by atoms with Crippen LogP contribution in [0.25, 0.3) is 0 Å². The Hall–Kier alpha value is -2.82. The van der Waals surface area contributed by atoms with Gasteiger partial charge in [0, 0.05) is 18.7 Å². The number of aliphatic hydroxyl groups is 1. The monoisotopic (exact) mass is 347 g/mol. The molecule has 4 rings (SSSR count). The van der Waals surface area contributed by atoms with Crippen molar-refractivity contribution in [1.29, 1.82) is 0 Å². The summed E-state index contributed by atoms with van der Waals surface area (Å²) >= 11 is 0. The van der Waals surface area contributed by atoms with Crippen LogP contribution in [0.1, 0.15) is 34.4 Å². The smallest absolute Gasteiger partial charge is 0.120 e. The Bertz CT molecular complexity index is 910. The largest absolute Gasteiger partial charge is 0.508 e. The summed E-state index contributed by atoms with van der Waals surface area (Å²) in [5, 5.41) is 31.0. The number of nitrogens with zero attached hydrogens (tertiary/aromatic N) is 1. The molecule has 0 radical (unpaired) electrons. The van der Waals surface area contributed by atoms with E-state index in [2.05, 4.69) is 17.0 Å². The van der Waals surface area contributed by atoms with Crippen molar-refractivity contribution in [3.8, 4) is 11.5 Å². The van der Waals surface area contributed by atoms with Gasteiger partial charge in [-0.3, -0.25) is 4.90 Å². The van der Waals surface area contributed by atoms with Crippen molar-refractivity contribution in [2.45, 2.75) is 18.7 Å². The topological polar surface area (TPSA) is 63.9 Å². The minimum absolute atomic E-state index is 0.135. The molecule has 0 aliphatic carbocycles. The lowest BCUT2D eigenvalue weighted by Crippen LogP contribution is -2.38. The molecule has 132 valence electrons. The third kappa shape index (κ3) is 3.05. The number of hydrogen-bond donors (Lipinski definition) is 3. The molecule has 3 N–H and O–H groups in total. The lowest BCUT2D eigenvalue weighted by atomic mass is 9.86. The van der Waals surface area contributed by atoms with Crippen LogP contribution in [0.3, 0.4) is 0 Å². The zero-order valence-electron chi connectivity index (χ0n) is 14.3. The number of β-amino-alcohol motifs (C(OH)–C–C–N with tert-alkyl or cyclic N) is 1. The first kappa shape index (κ1) is 16.6. The predicted molar refractivity (Wildman–Crippen MR) is 99.9 cm³/mol. The van der Waals surface area contributed by atoms with Crippen molar-refractivity contribution in [3.63, 3.8) is 0 Å². The lowest BCUT2D eigenvalue weighted by molar-refractivity contribution is 0.0719. The van der Waals surface area contributed by atoms with E-state index < -0.39 is 6.10 Å². The summed E-state index contributed by atoms with van der Waals surface area (Å²) in [4.78, 5) is 2.16. The zero-order valence-corrected chi connectivity index (χ0v) is 14.3. The Morgan fingerprint density at radius 3 is 2.31 bits per heavy atom. The lowest BCUT2D eigenvalue weighted by Gasteiger charge is -2.40. The van der Waals surface area contributed by atoms with Crippen LogP contribution in [0.5, 0.6) is 11.5 Å². The van der Waals surface area contributed by atoms with E-state index in [0.717, 1.165) is 16.7 Å². The number of phenolic OH excluding ortho intramolecular Hbond substituents is 2. The fraction of sp³-hybridized carbons (Fsp3) is 0.182. The molecule has 4 nitrogen and oxygen atoms in total. The number of hydrogen-bond acceptors (Lipinski definition) is 4. The van der Waals surface area contributed by atoms with Gasteiger partial charge in [0.2, 0.25) is 0 Å². The number of benzene rings is 3. The predicted octanol–water partition coefficient (Wildman–Crippen LogP) is 3.74. The number of rotatable bonds is 3. The molecule has 0 saturated carbocycles. The Morgan fingerprint density at radius 1 is 0.808 bits per heavy atom. The van der Waals surface area contributed by atoms with Crippen LogP contribution in [-0.4, -0.2) is 26.8 Å². The Labute approximate surface area is 152 Å². The summed E-state index contributed by atoms with van der Waals surface area (Å²) in [6.07, 6.45) is -0.692. The first-order chi connectivity index (χ1) is 12.6. The van der Waals surface area contributed by atoms with E-state index in [9.17, 15) is 15.3 Å². The molecule has 1 heterocycles. The van der Waals surface area contributed by atoms with Crippen molar-refractivity contribution in [2.24, 2.45) is 0 Å². The van der Waals surface area contributed by atoms with E-state index in [-0.39, 0.29) is 17.5 Å². The second kappa shape index (κ2) is 6.83. The van der Waals surface area contributed by atoms with Crippen LogP contribution in [0.15, 0.2) is 72.8 Å². The van der Waals surface area contributed by atoms with Crippen LogP contribution in [0.2, 0.25) is 0 Å². The van der Waals surface area contributed by atoms with Crippen LogP contribution >= 0.6 is 0 Å². The fourth-order valence-corrected chi connectivity index (χ4v) is 3.78. The minimum Gasteiger partial charge on any atom is -0.508 e. The maximum Gasteiger partial charge on any atom is 0.120 e. The second-order valence-corrected chi connectivity index (χ2v) is 6.71. The van der Waals surface area contributed by atoms with Gasteiger partial charge >= 0.3 is 0 Å². The molecule has 3 aromatic rings. The van der Waals surface area contributed by atoms with E-state index in [1.165, 1.54) is 0 Å². The minimum atomic E-state index is -0.692. The molecule has 26 heavy (non-hydrogen) atoms. The number of phenols is 2. The molecule has 0 aromatic heterocycles. The van der Waals surface area contributed by atoms with E-state index in [0.29, 0.717) is 18.7 Å². The second-order valence-electron chi connectivity index (χ2n) is 6.71. The normalized spacial score (nSPS) is 19.9. The van der Waals surface area contributed by atoms with Crippen molar-refractivity contribution in [2.75, 3.05) is 6.54 Å². The van der Waals surface area contributed by atoms with Gasteiger partial charge in [-0.1, -0.05) is 54.6 Å². The molecule has 0 saturated heterocycles. The first-order valence-electron chi connectivity index (χ1n) is 8.70. The summed E-state index contributed by atoms with van der Waals surface area (Å²) in [6.45, 7) is 1.07. The average molecular weight is 347 g/mol. The highest BCUT2D eigenvalue weighted by Crippen LogP contribution is 2.43. The molecule has 0 spiro atoms. The third-order valence-corrected chi connectivity index (χ3v) is 4.96. The maximum absolute atomic E-state index is 10.7. The van der Waals surface area contributed by atoms with Gasteiger partial charge in [-0.2, -0.15) is 0 Å². The highest BCUT2D eigenvalue weighted by Gasteiger charge is 2.34. The number of aromatic hydroxyl groups is 2.